The molecule has 26 heavy (non-hydrogen) atoms. The first-order valence-electron chi connectivity index (χ1n) is 8.89. The number of morpholine rings is 1. The Morgan fingerprint density at radius 2 is 1.92 bits per heavy atom. The fraction of sp³-hybridized carbons (Fsp3) is 0.350. The first-order valence-corrected chi connectivity index (χ1v) is 8.89. The number of hydrogen-bond donors (Lipinski definition) is 0. The Morgan fingerprint density at radius 1 is 1.15 bits per heavy atom. The average molecular weight is 349 g/mol. The van der Waals surface area contributed by atoms with E-state index in [2.05, 4.69) is 24.4 Å². The van der Waals surface area contributed by atoms with Gasteiger partial charge in [0.05, 0.1) is 12.3 Å². The summed E-state index contributed by atoms with van der Waals surface area (Å²) in [4.78, 5) is 16.0. The van der Waals surface area contributed by atoms with Crippen molar-refractivity contribution in [3.05, 3.63) is 66.0 Å². The molecule has 0 saturated carbocycles. The molecule has 1 fully saturated rings. The lowest BCUT2D eigenvalue weighted by molar-refractivity contribution is -0.0384. The largest absolute Gasteiger partial charge is 0.368 e. The molecule has 0 spiro atoms. The highest BCUT2D eigenvalue weighted by Crippen LogP contribution is 2.22. The third-order valence-corrected chi connectivity index (χ3v) is 4.61. The van der Waals surface area contributed by atoms with Crippen molar-refractivity contribution in [2.75, 3.05) is 19.7 Å². The van der Waals surface area contributed by atoms with Gasteiger partial charge in [0.15, 0.2) is 5.82 Å². The molecule has 3 aromatic rings. The monoisotopic (exact) mass is 349 g/mol. The summed E-state index contributed by atoms with van der Waals surface area (Å²) in [5.74, 6) is 1.75. The quantitative estimate of drug-likeness (QED) is 0.725. The van der Waals surface area contributed by atoms with Crippen molar-refractivity contribution in [2.24, 2.45) is 7.05 Å². The molecule has 6 nitrogen and oxygen atoms in total. The van der Waals surface area contributed by atoms with Crippen LogP contribution in [-0.4, -0.2) is 44.1 Å². The summed E-state index contributed by atoms with van der Waals surface area (Å²) in [6, 6.07) is 10.0. The van der Waals surface area contributed by atoms with Crippen molar-refractivity contribution >= 4 is 0 Å². The zero-order valence-electron chi connectivity index (χ0n) is 15.2. The van der Waals surface area contributed by atoms with Crippen molar-refractivity contribution in [2.45, 2.75) is 19.6 Å². The number of aryl methyl sites for hydroxylation is 2. The number of nitrogens with zero attached hydrogens (tertiary/aromatic N) is 5. The van der Waals surface area contributed by atoms with Gasteiger partial charge in [0, 0.05) is 56.4 Å². The second-order valence-corrected chi connectivity index (χ2v) is 6.73. The van der Waals surface area contributed by atoms with Crippen LogP contribution < -0.4 is 0 Å². The van der Waals surface area contributed by atoms with Gasteiger partial charge in [-0.15, -0.1) is 0 Å². The summed E-state index contributed by atoms with van der Waals surface area (Å²) in [6.07, 6.45) is 5.88. The molecule has 0 unspecified atom stereocenters. The van der Waals surface area contributed by atoms with Gasteiger partial charge >= 0.3 is 0 Å². The Hall–Kier alpha value is -2.57. The van der Waals surface area contributed by atoms with E-state index in [-0.39, 0.29) is 6.10 Å². The average Bonchev–Trinajstić information content (AvgIpc) is 3.01. The molecule has 0 radical (unpaired) electrons. The van der Waals surface area contributed by atoms with E-state index in [9.17, 15) is 0 Å². The second kappa shape index (κ2) is 7.35. The van der Waals surface area contributed by atoms with Crippen molar-refractivity contribution in [1.82, 2.24) is 24.4 Å². The number of ether oxygens (including phenoxy) is 1. The van der Waals surface area contributed by atoms with Crippen molar-refractivity contribution < 1.29 is 4.74 Å². The molecule has 1 aliphatic heterocycles. The minimum absolute atomic E-state index is 0.00644. The fourth-order valence-electron chi connectivity index (χ4n) is 3.37. The molecule has 0 aliphatic carbocycles. The smallest absolute Gasteiger partial charge is 0.159 e. The predicted molar refractivity (Wildman–Crippen MR) is 99.4 cm³/mol. The van der Waals surface area contributed by atoms with Gasteiger partial charge in [-0.05, 0) is 6.92 Å². The zero-order chi connectivity index (χ0) is 17.9. The van der Waals surface area contributed by atoms with Gasteiger partial charge < -0.3 is 9.30 Å². The SMILES string of the molecule is Cc1cn(C)c([C@H]2CN(Cc3cnc(-c4ccccc4)nc3)CCO2)n1. The Bertz CT molecular complexity index is 860. The maximum absolute atomic E-state index is 5.95. The third-order valence-electron chi connectivity index (χ3n) is 4.61. The number of rotatable bonds is 4. The van der Waals surface area contributed by atoms with Crippen LogP contribution in [0.3, 0.4) is 0 Å². The molecule has 4 rings (SSSR count). The first-order chi connectivity index (χ1) is 12.7. The molecular formula is C20H23N5O. The Balaban J connectivity index is 1.43. The van der Waals surface area contributed by atoms with Gasteiger partial charge in [-0.1, -0.05) is 30.3 Å². The van der Waals surface area contributed by atoms with E-state index in [1.54, 1.807) is 0 Å². The summed E-state index contributed by atoms with van der Waals surface area (Å²) in [6.45, 7) is 5.26. The van der Waals surface area contributed by atoms with Crippen LogP contribution in [0.15, 0.2) is 48.9 Å². The van der Waals surface area contributed by atoms with Gasteiger partial charge in [0.2, 0.25) is 0 Å². The molecule has 1 saturated heterocycles. The summed E-state index contributed by atoms with van der Waals surface area (Å²) < 4.78 is 8.00. The number of imidazole rings is 1. The fourth-order valence-corrected chi connectivity index (χ4v) is 3.37. The van der Waals surface area contributed by atoms with E-state index < -0.39 is 0 Å². The lowest BCUT2D eigenvalue weighted by Gasteiger charge is -2.32. The molecule has 0 N–H and O–H groups in total. The van der Waals surface area contributed by atoms with Crippen LogP contribution >= 0.6 is 0 Å². The highest BCUT2D eigenvalue weighted by Gasteiger charge is 2.25. The molecule has 2 aromatic heterocycles. The van der Waals surface area contributed by atoms with Crippen LogP contribution in [0, 0.1) is 6.92 Å². The first kappa shape index (κ1) is 16.9. The predicted octanol–water partition coefficient (Wildman–Crippen LogP) is 2.76. The normalized spacial score (nSPS) is 18.2. The summed E-state index contributed by atoms with van der Waals surface area (Å²) in [7, 11) is 2.02. The van der Waals surface area contributed by atoms with E-state index in [4.69, 9.17) is 4.74 Å². The van der Waals surface area contributed by atoms with Crippen LogP contribution in [-0.2, 0) is 18.3 Å². The Morgan fingerprint density at radius 3 is 2.62 bits per heavy atom. The number of benzene rings is 1. The van der Waals surface area contributed by atoms with Crippen LogP contribution in [0.5, 0.6) is 0 Å². The minimum atomic E-state index is 0.00644. The van der Waals surface area contributed by atoms with Crippen LogP contribution in [0.25, 0.3) is 11.4 Å². The molecule has 6 heteroatoms. The molecule has 1 aromatic carbocycles. The van der Waals surface area contributed by atoms with Crippen molar-refractivity contribution in [3.8, 4) is 11.4 Å². The standard InChI is InChI=1S/C20H23N5O/c1-15-12-24(2)20(23-15)18-14-25(8-9-26-18)13-16-10-21-19(22-11-16)17-6-4-3-5-7-17/h3-7,10-12,18H,8-9,13-14H2,1-2H3/t18-/m1/s1. The molecule has 0 bridgehead atoms. The van der Waals surface area contributed by atoms with E-state index in [1.807, 2.05) is 62.9 Å². The minimum Gasteiger partial charge on any atom is -0.368 e. The van der Waals surface area contributed by atoms with E-state index >= 15 is 0 Å². The third kappa shape index (κ3) is 3.66. The van der Waals surface area contributed by atoms with Gasteiger partial charge in [-0.2, -0.15) is 0 Å². The van der Waals surface area contributed by atoms with Gasteiger partial charge in [-0.25, -0.2) is 15.0 Å². The molecule has 0 amide bonds. The molecule has 3 heterocycles. The number of aromatic nitrogens is 4. The van der Waals surface area contributed by atoms with E-state index in [0.29, 0.717) is 6.61 Å². The van der Waals surface area contributed by atoms with E-state index in [1.165, 1.54) is 0 Å². The maximum atomic E-state index is 5.95. The molecule has 134 valence electrons. The van der Waals surface area contributed by atoms with Crippen LogP contribution in [0.2, 0.25) is 0 Å². The highest BCUT2D eigenvalue weighted by atomic mass is 16.5. The summed E-state index contributed by atoms with van der Waals surface area (Å²) in [5, 5.41) is 0. The van der Waals surface area contributed by atoms with Crippen molar-refractivity contribution in [1.29, 1.82) is 0 Å². The van der Waals surface area contributed by atoms with Gasteiger partial charge in [-0.3, -0.25) is 4.90 Å². The number of hydrogen-bond acceptors (Lipinski definition) is 5. The summed E-state index contributed by atoms with van der Waals surface area (Å²) >= 11 is 0. The molecule has 1 atom stereocenters. The Kier molecular flexibility index (Phi) is 4.77. The lowest BCUT2D eigenvalue weighted by Crippen LogP contribution is -2.38. The maximum Gasteiger partial charge on any atom is 0.159 e. The summed E-state index contributed by atoms with van der Waals surface area (Å²) in [5.41, 5.74) is 3.17. The molecular weight excluding hydrogens is 326 g/mol. The van der Waals surface area contributed by atoms with Crippen molar-refractivity contribution in [3.63, 3.8) is 0 Å². The lowest BCUT2D eigenvalue weighted by atomic mass is 10.2. The highest BCUT2D eigenvalue weighted by molar-refractivity contribution is 5.53. The zero-order valence-corrected chi connectivity index (χ0v) is 15.2. The van der Waals surface area contributed by atoms with E-state index in [0.717, 1.165) is 48.1 Å². The van der Waals surface area contributed by atoms with Crippen LogP contribution in [0.4, 0.5) is 0 Å². The molecule has 1 aliphatic rings. The Labute approximate surface area is 153 Å². The van der Waals surface area contributed by atoms with Gasteiger partial charge in [0.25, 0.3) is 0 Å². The topological polar surface area (TPSA) is 56.1 Å². The second-order valence-electron chi connectivity index (χ2n) is 6.73. The van der Waals surface area contributed by atoms with Crippen LogP contribution in [0.1, 0.15) is 23.2 Å². The van der Waals surface area contributed by atoms with Gasteiger partial charge in [0.1, 0.15) is 11.9 Å².